The fourth-order valence-corrected chi connectivity index (χ4v) is 2.15. The fraction of sp³-hybridized carbons (Fsp3) is 1.00. The molecule has 1 N–H and O–H groups in total. The second-order valence-electron chi connectivity index (χ2n) is 4.79. The molecule has 0 aromatic heterocycles. The van der Waals surface area contributed by atoms with Crippen LogP contribution in [-0.2, 0) is 0 Å². The van der Waals surface area contributed by atoms with E-state index in [2.05, 4.69) is 30.7 Å². The lowest BCUT2D eigenvalue weighted by molar-refractivity contribution is 0.0711. The standard InChI is InChI=1S/C11H24N2O/c1-10(2)8-11-9-13(6-7-14)5-4-12(11)3/h10-11,14H,4-9H2,1-3H3. The van der Waals surface area contributed by atoms with Gasteiger partial charge in [-0.05, 0) is 19.4 Å². The summed E-state index contributed by atoms with van der Waals surface area (Å²) in [5.74, 6) is 0.761. The normalized spacial score (nSPS) is 25.9. The van der Waals surface area contributed by atoms with Gasteiger partial charge in [-0.25, -0.2) is 0 Å². The summed E-state index contributed by atoms with van der Waals surface area (Å²) >= 11 is 0. The van der Waals surface area contributed by atoms with E-state index in [1.165, 1.54) is 6.42 Å². The second kappa shape index (κ2) is 5.69. The average molecular weight is 200 g/mol. The molecule has 0 saturated carbocycles. The molecule has 0 spiro atoms. The molecule has 14 heavy (non-hydrogen) atoms. The summed E-state index contributed by atoms with van der Waals surface area (Å²) in [6.07, 6.45) is 1.26. The van der Waals surface area contributed by atoms with Crippen molar-refractivity contribution in [1.82, 2.24) is 9.80 Å². The van der Waals surface area contributed by atoms with Crippen LogP contribution in [0.5, 0.6) is 0 Å². The van der Waals surface area contributed by atoms with Gasteiger partial charge in [-0.15, -0.1) is 0 Å². The number of rotatable bonds is 4. The Hall–Kier alpha value is -0.120. The van der Waals surface area contributed by atoms with E-state index in [4.69, 9.17) is 5.11 Å². The van der Waals surface area contributed by atoms with Crippen LogP contribution in [0.15, 0.2) is 0 Å². The number of nitrogens with zero attached hydrogens (tertiary/aromatic N) is 2. The summed E-state index contributed by atoms with van der Waals surface area (Å²) < 4.78 is 0. The van der Waals surface area contributed by atoms with Crippen molar-refractivity contribution < 1.29 is 5.11 Å². The molecule has 3 nitrogen and oxygen atoms in total. The highest BCUT2D eigenvalue weighted by molar-refractivity contribution is 4.80. The van der Waals surface area contributed by atoms with Gasteiger partial charge in [0.2, 0.25) is 0 Å². The van der Waals surface area contributed by atoms with Crippen LogP contribution >= 0.6 is 0 Å². The van der Waals surface area contributed by atoms with Gasteiger partial charge in [0.25, 0.3) is 0 Å². The predicted molar refractivity (Wildman–Crippen MR) is 59.4 cm³/mol. The van der Waals surface area contributed by atoms with E-state index in [0.717, 1.165) is 32.1 Å². The van der Waals surface area contributed by atoms with Gasteiger partial charge in [-0.1, -0.05) is 13.8 Å². The molecular formula is C11H24N2O. The van der Waals surface area contributed by atoms with Gasteiger partial charge in [0, 0.05) is 32.2 Å². The Morgan fingerprint density at radius 3 is 2.64 bits per heavy atom. The summed E-state index contributed by atoms with van der Waals surface area (Å²) in [6, 6.07) is 0.676. The van der Waals surface area contributed by atoms with Crippen molar-refractivity contribution in [2.75, 3.05) is 39.8 Å². The first-order valence-electron chi connectivity index (χ1n) is 5.67. The number of likely N-dealkylation sites (N-methyl/N-ethyl adjacent to an activating group) is 1. The molecule has 1 rings (SSSR count). The molecule has 0 aromatic rings. The van der Waals surface area contributed by atoms with E-state index in [0.29, 0.717) is 6.04 Å². The third-order valence-corrected chi connectivity index (χ3v) is 3.02. The van der Waals surface area contributed by atoms with Crippen LogP contribution in [0.1, 0.15) is 20.3 Å². The Morgan fingerprint density at radius 2 is 2.07 bits per heavy atom. The molecule has 84 valence electrons. The number of aliphatic hydroxyl groups excluding tert-OH is 1. The summed E-state index contributed by atoms with van der Waals surface area (Å²) in [5, 5.41) is 8.90. The lowest BCUT2D eigenvalue weighted by Crippen LogP contribution is -2.52. The Balaban J connectivity index is 2.38. The molecule has 1 atom stereocenters. The SMILES string of the molecule is CC(C)CC1CN(CCO)CCN1C. The molecule has 3 heteroatoms. The summed E-state index contributed by atoms with van der Waals surface area (Å²) in [4.78, 5) is 4.82. The topological polar surface area (TPSA) is 26.7 Å². The van der Waals surface area contributed by atoms with Crippen LogP contribution in [0.2, 0.25) is 0 Å². The van der Waals surface area contributed by atoms with E-state index in [1.807, 2.05) is 0 Å². The van der Waals surface area contributed by atoms with Crippen LogP contribution in [0.3, 0.4) is 0 Å². The first-order chi connectivity index (χ1) is 6.63. The lowest BCUT2D eigenvalue weighted by atomic mass is 10.0. The van der Waals surface area contributed by atoms with Gasteiger partial charge in [-0.2, -0.15) is 0 Å². The maximum Gasteiger partial charge on any atom is 0.0558 e. The Kier molecular flexibility index (Phi) is 4.85. The van der Waals surface area contributed by atoms with Crippen LogP contribution in [-0.4, -0.2) is 60.8 Å². The molecular weight excluding hydrogens is 176 g/mol. The van der Waals surface area contributed by atoms with E-state index in [9.17, 15) is 0 Å². The quantitative estimate of drug-likeness (QED) is 0.721. The molecule has 0 radical (unpaired) electrons. The highest BCUT2D eigenvalue weighted by atomic mass is 16.3. The van der Waals surface area contributed by atoms with Gasteiger partial charge in [0.1, 0.15) is 0 Å². The minimum Gasteiger partial charge on any atom is -0.395 e. The monoisotopic (exact) mass is 200 g/mol. The molecule has 0 aliphatic carbocycles. The van der Waals surface area contributed by atoms with Gasteiger partial charge in [-0.3, -0.25) is 4.90 Å². The summed E-state index contributed by atoms with van der Waals surface area (Å²) in [5.41, 5.74) is 0. The first-order valence-corrected chi connectivity index (χ1v) is 5.67. The minimum atomic E-state index is 0.290. The lowest BCUT2D eigenvalue weighted by Gasteiger charge is -2.40. The minimum absolute atomic E-state index is 0.290. The van der Waals surface area contributed by atoms with Crippen molar-refractivity contribution in [2.45, 2.75) is 26.3 Å². The largest absolute Gasteiger partial charge is 0.395 e. The molecule has 0 aromatic carbocycles. The van der Waals surface area contributed by atoms with Crippen molar-refractivity contribution in [2.24, 2.45) is 5.92 Å². The first kappa shape index (κ1) is 12.0. The molecule has 0 amide bonds. The smallest absolute Gasteiger partial charge is 0.0558 e. The number of aliphatic hydroxyl groups is 1. The van der Waals surface area contributed by atoms with E-state index < -0.39 is 0 Å². The Labute approximate surface area is 87.7 Å². The summed E-state index contributed by atoms with van der Waals surface area (Å²) in [7, 11) is 2.21. The van der Waals surface area contributed by atoms with Gasteiger partial charge < -0.3 is 10.0 Å². The maximum atomic E-state index is 8.90. The third kappa shape index (κ3) is 3.56. The highest BCUT2D eigenvalue weighted by Crippen LogP contribution is 2.15. The molecule has 0 bridgehead atoms. The zero-order chi connectivity index (χ0) is 10.6. The van der Waals surface area contributed by atoms with Gasteiger partial charge in [0.15, 0.2) is 0 Å². The van der Waals surface area contributed by atoms with Crippen molar-refractivity contribution in [3.8, 4) is 0 Å². The van der Waals surface area contributed by atoms with Crippen LogP contribution < -0.4 is 0 Å². The number of β-amino-alcohol motifs (C(OH)–C–C–N with tert-alkyl or cyclic N) is 1. The molecule has 1 unspecified atom stereocenters. The third-order valence-electron chi connectivity index (χ3n) is 3.02. The van der Waals surface area contributed by atoms with Gasteiger partial charge >= 0.3 is 0 Å². The van der Waals surface area contributed by atoms with Gasteiger partial charge in [0.05, 0.1) is 6.61 Å². The average Bonchev–Trinajstić information content (AvgIpc) is 2.10. The van der Waals surface area contributed by atoms with E-state index in [-0.39, 0.29) is 6.61 Å². The fourth-order valence-electron chi connectivity index (χ4n) is 2.15. The molecule has 1 aliphatic heterocycles. The molecule has 1 heterocycles. The molecule has 1 fully saturated rings. The van der Waals surface area contributed by atoms with Crippen LogP contribution in [0.4, 0.5) is 0 Å². The number of hydrogen-bond donors (Lipinski definition) is 1. The van der Waals surface area contributed by atoms with Crippen LogP contribution in [0.25, 0.3) is 0 Å². The maximum absolute atomic E-state index is 8.90. The molecule has 1 saturated heterocycles. The zero-order valence-corrected chi connectivity index (χ0v) is 9.74. The van der Waals surface area contributed by atoms with Crippen molar-refractivity contribution in [3.05, 3.63) is 0 Å². The van der Waals surface area contributed by atoms with Crippen molar-refractivity contribution >= 4 is 0 Å². The van der Waals surface area contributed by atoms with Crippen molar-refractivity contribution in [3.63, 3.8) is 0 Å². The van der Waals surface area contributed by atoms with E-state index >= 15 is 0 Å². The highest BCUT2D eigenvalue weighted by Gasteiger charge is 2.24. The van der Waals surface area contributed by atoms with Crippen LogP contribution in [0, 0.1) is 5.92 Å². The second-order valence-corrected chi connectivity index (χ2v) is 4.79. The van der Waals surface area contributed by atoms with Crippen molar-refractivity contribution in [1.29, 1.82) is 0 Å². The molecule has 1 aliphatic rings. The summed E-state index contributed by atoms with van der Waals surface area (Å²) in [6.45, 7) is 9.04. The van der Waals surface area contributed by atoms with E-state index in [1.54, 1.807) is 0 Å². The Bertz CT molecular complexity index is 161. The number of hydrogen-bond acceptors (Lipinski definition) is 3. The Morgan fingerprint density at radius 1 is 1.36 bits per heavy atom. The number of piperazine rings is 1. The predicted octanol–water partition coefficient (Wildman–Crippen LogP) is 0.641. The zero-order valence-electron chi connectivity index (χ0n) is 9.74.